The number of aromatic nitrogens is 2. The Morgan fingerprint density at radius 2 is 2.11 bits per heavy atom. The van der Waals surface area contributed by atoms with E-state index in [1.54, 1.807) is 17.7 Å². The molecule has 0 aliphatic heterocycles. The van der Waals surface area contributed by atoms with Crippen molar-refractivity contribution in [2.75, 3.05) is 17.2 Å². The summed E-state index contributed by atoms with van der Waals surface area (Å²) in [6.45, 7) is 7.25. The molecule has 2 heterocycles. The molecule has 0 aliphatic carbocycles. The van der Waals surface area contributed by atoms with Gasteiger partial charge < -0.3 is 10.6 Å². The zero-order valence-corrected chi connectivity index (χ0v) is 12.4. The monoisotopic (exact) mass is 276 g/mol. The molecule has 19 heavy (non-hydrogen) atoms. The van der Waals surface area contributed by atoms with Crippen LogP contribution in [0.5, 0.6) is 0 Å². The van der Waals surface area contributed by atoms with E-state index in [1.165, 1.54) is 5.56 Å². The Morgan fingerprint density at radius 3 is 2.79 bits per heavy atom. The molecular formula is C14H20N4S. The van der Waals surface area contributed by atoms with Gasteiger partial charge in [0.05, 0.1) is 6.04 Å². The topological polar surface area (TPSA) is 49.8 Å². The van der Waals surface area contributed by atoms with Crippen LogP contribution >= 0.6 is 11.3 Å². The highest BCUT2D eigenvalue weighted by Gasteiger charge is 2.11. The summed E-state index contributed by atoms with van der Waals surface area (Å²) in [5.41, 5.74) is 2.35. The SMILES string of the molecule is CCCNc1ncnc(NC(C)c2ccsc2)c1C. The molecule has 0 spiro atoms. The average molecular weight is 276 g/mol. The molecule has 2 aromatic rings. The van der Waals surface area contributed by atoms with E-state index in [9.17, 15) is 0 Å². The van der Waals surface area contributed by atoms with Crippen molar-refractivity contribution in [3.05, 3.63) is 34.3 Å². The van der Waals surface area contributed by atoms with E-state index in [0.717, 1.165) is 30.2 Å². The van der Waals surface area contributed by atoms with Crippen molar-refractivity contribution in [2.45, 2.75) is 33.2 Å². The third-order valence-electron chi connectivity index (χ3n) is 3.02. The molecule has 0 saturated carbocycles. The summed E-state index contributed by atoms with van der Waals surface area (Å²) in [5.74, 6) is 1.81. The van der Waals surface area contributed by atoms with Crippen LogP contribution in [0.3, 0.4) is 0 Å². The number of nitrogens with one attached hydrogen (secondary N) is 2. The van der Waals surface area contributed by atoms with Gasteiger partial charge in [-0.1, -0.05) is 6.92 Å². The molecule has 1 unspecified atom stereocenters. The van der Waals surface area contributed by atoms with Crippen molar-refractivity contribution in [1.29, 1.82) is 0 Å². The van der Waals surface area contributed by atoms with Crippen LogP contribution in [0.4, 0.5) is 11.6 Å². The number of thiophene rings is 1. The van der Waals surface area contributed by atoms with Gasteiger partial charge in [-0.05, 0) is 42.7 Å². The number of hydrogen-bond acceptors (Lipinski definition) is 5. The van der Waals surface area contributed by atoms with Gasteiger partial charge in [0.1, 0.15) is 18.0 Å². The van der Waals surface area contributed by atoms with Crippen molar-refractivity contribution < 1.29 is 0 Å². The molecule has 5 heteroatoms. The highest BCUT2D eigenvalue weighted by Crippen LogP contribution is 2.24. The Kier molecular flexibility index (Phi) is 4.74. The van der Waals surface area contributed by atoms with E-state index < -0.39 is 0 Å². The fraction of sp³-hybridized carbons (Fsp3) is 0.429. The van der Waals surface area contributed by atoms with Crippen LogP contribution < -0.4 is 10.6 Å². The molecule has 2 N–H and O–H groups in total. The summed E-state index contributed by atoms with van der Waals surface area (Å²) in [5, 5.41) is 11.0. The van der Waals surface area contributed by atoms with E-state index in [4.69, 9.17) is 0 Å². The lowest BCUT2D eigenvalue weighted by Crippen LogP contribution is -2.11. The van der Waals surface area contributed by atoms with Crippen molar-refractivity contribution >= 4 is 23.0 Å². The second-order valence-electron chi connectivity index (χ2n) is 4.55. The van der Waals surface area contributed by atoms with Gasteiger partial charge in [-0.3, -0.25) is 0 Å². The molecule has 1 atom stereocenters. The van der Waals surface area contributed by atoms with Crippen LogP contribution in [0.15, 0.2) is 23.2 Å². The fourth-order valence-corrected chi connectivity index (χ4v) is 2.58. The molecule has 0 saturated heterocycles. The van der Waals surface area contributed by atoms with Crippen LogP contribution in [-0.2, 0) is 0 Å². The van der Waals surface area contributed by atoms with Crippen LogP contribution in [0.25, 0.3) is 0 Å². The minimum absolute atomic E-state index is 0.249. The first kappa shape index (κ1) is 13.8. The minimum atomic E-state index is 0.249. The van der Waals surface area contributed by atoms with Gasteiger partial charge in [0.15, 0.2) is 0 Å². The summed E-state index contributed by atoms with van der Waals surface area (Å²) in [6, 6.07) is 2.38. The largest absolute Gasteiger partial charge is 0.370 e. The third kappa shape index (κ3) is 3.44. The van der Waals surface area contributed by atoms with Gasteiger partial charge >= 0.3 is 0 Å². The summed E-state index contributed by atoms with van der Waals surface area (Å²) >= 11 is 1.71. The highest BCUT2D eigenvalue weighted by molar-refractivity contribution is 7.07. The molecule has 0 fully saturated rings. The Morgan fingerprint density at radius 1 is 1.32 bits per heavy atom. The molecule has 102 valence electrons. The second-order valence-corrected chi connectivity index (χ2v) is 5.33. The summed E-state index contributed by atoms with van der Waals surface area (Å²) in [6.07, 6.45) is 2.69. The quantitative estimate of drug-likeness (QED) is 0.841. The Balaban J connectivity index is 2.12. The van der Waals surface area contributed by atoms with Gasteiger partial charge in [-0.2, -0.15) is 11.3 Å². The van der Waals surface area contributed by atoms with Crippen LogP contribution in [0.2, 0.25) is 0 Å². The average Bonchev–Trinajstić information content (AvgIpc) is 2.94. The maximum atomic E-state index is 4.34. The van der Waals surface area contributed by atoms with Crippen LogP contribution in [0, 0.1) is 6.92 Å². The number of nitrogens with zero attached hydrogens (tertiary/aromatic N) is 2. The lowest BCUT2D eigenvalue weighted by atomic mass is 10.2. The molecule has 0 amide bonds. The molecular weight excluding hydrogens is 256 g/mol. The number of anilines is 2. The first-order chi connectivity index (χ1) is 9.22. The lowest BCUT2D eigenvalue weighted by Gasteiger charge is -2.16. The number of hydrogen-bond donors (Lipinski definition) is 2. The zero-order chi connectivity index (χ0) is 13.7. The Hall–Kier alpha value is -1.62. The van der Waals surface area contributed by atoms with E-state index in [2.05, 4.69) is 51.3 Å². The van der Waals surface area contributed by atoms with Gasteiger partial charge in [-0.15, -0.1) is 0 Å². The smallest absolute Gasteiger partial charge is 0.134 e. The summed E-state index contributed by atoms with van der Waals surface area (Å²) < 4.78 is 0. The third-order valence-corrected chi connectivity index (χ3v) is 3.72. The fourth-order valence-electron chi connectivity index (χ4n) is 1.83. The molecule has 0 aliphatic rings. The second kappa shape index (κ2) is 6.52. The van der Waals surface area contributed by atoms with E-state index in [0.29, 0.717) is 0 Å². The maximum absolute atomic E-state index is 4.34. The first-order valence-electron chi connectivity index (χ1n) is 6.56. The maximum Gasteiger partial charge on any atom is 0.134 e. The molecule has 2 aromatic heterocycles. The first-order valence-corrected chi connectivity index (χ1v) is 7.50. The standard InChI is InChI=1S/C14H20N4S/c1-4-6-15-13-10(2)14(17-9-16-13)18-11(3)12-5-7-19-8-12/h5,7-9,11H,4,6H2,1-3H3,(H2,15,16,17,18). The Bertz CT molecular complexity index is 510. The van der Waals surface area contributed by atoms with Crippen LogP contribution in [0.1, 0.15) is 37.4 Å². The molecule has 0 bridgehead atoms. The highest BCUT2D eigenvalue weighted by atomic mass is 32.1. The Labute approximate surface area is 118 Å². The van der Waals surface area contributed by atoms with E-state index in [-0.39, 0.29) is 6.04 Å². The molecule has 0 radical (unpaired) electrons. The predicted molar refractivity (Wildman–Crippen MR) is 81.9 cm³/mol. The molecule has 2 rings (SSSR count). The van der Waals surface area contributed by atoms with Gasteiger partial charge in [0.2, 0.25) is 0 Å². The minimum Gasteiger partial charge on any atom is -0.370 e. The van der Waals surface area contributed by atoms with Crippen molar-refractivity contribution in [2.24, 2.45) is 0 Å². The van der Waals surface area contributed by atoms with Gasteiger partial charge in [-0.25, -0.2) is 9.97 Å². The summed E-state index contributed by atoms with van der Waals surface area (Å²) in [4.78, 5) is 8.62. The van der Waals surface area contributed by atoms with Crippen molar-refractivity contribution in [3.63, 3.8) is 0 Å². The zero-order valence-electron chi connectivity index (χ0n) is 11.6. The van der Waals surface area contributed by atoms with E-state index >= 15 is 0 Å². The van der Waals surface area contributed by atoms with Crippen molar-refractivity contribution in [1.82, 2.24) is 9.97 Å². The molecule has 0 aromatic carbocycles. The van der Waals surface area contributed by atoms with Gasteiger partial charge in [0.25, 0.3) is 0 Å². The number of rotatable bonds is 6. The van der Waals surface area contributed by atoms with E-state index in [1.807, 2.05) is 6.92 Å². The van der Waals surface area contributed by atoms with Crippen LogP contribution in [-0.4, -0.2) is 16.5 Å². The molecule has 4 nitrogen and oxygen atoms in total. The van der Waals surface area contributed by atoms with Gasteiger partial charge in [0, 0.05) is 12.1 Å². The predicted octanol–water partition coefficient (Wildman–Crippen LogP) is 3.84. The normalized spacial score (nSPS) is 12.2. The summed E-state index contributed by atoms with van der Waals surface area (Å²) in [7, 11) is 0. The van der Waals surface area contributed by atoms with Crippen molar-refractivity contribution in [3.8, 4) is 0 Å². The lowest BCUT2D eigenvalue weighted by molar-refractivity contribution is 0.871.